The molecular weight excluding hydrogens is 278 g/mol. The summed E-state index contributed by atoms with van der Waals surface area (Å²) < 4.78 is 0. The van der Waals surface area contributed by atoms with Gasteiger partial charge in [-0.05, 0) is 12.1 Å². The van der Waals surface area contributed by atoms with E-state index in [9.17, 15) is 4.79 Å². The molecule has 0 atom stereocenters. The third kappa shape index (κ3) is 2.62. The van der Waals surface area contributed by atoms with E-state index in [2.05, 4.69) is 15.2 Å². The van der Waals surface area contributed by atoms with E-state index in [0.29, 0.717) is 17.0 Å². The maximum atomic E-state index is 11.1. The summed E-state index contributed by atoms with van der Waals surface area (Å²) in [4.78, 5) is 15.4. The van der Waals surface area contributed by atoms with Crippen molar-refractivity contribution in [2.75, 3.05) is 5.73 Å². The van der Waals surface area contributed by atoms with Gasteiger partial charge in [-0.25, -0.2) is 4.98 Å². The fourth-order valence-corrected chi connectivity index (χ4v) is 2.12. The molecule has 1 aromatic heterocycles. The van der Waals surface area contributed by atoms with Gasteiger partial charge < -0.3 is 11.5 Å². The SMILES string of the molecule is NC(=O)c1ccc(-c2nnc(N)nc2-c2ccccc2)cc1. The van der Waals surface area contributed by atoms with Gasteiger partial charge in [-0.2, -0.15) is 0 Å². The van der Waals surface area contributed by atoms with Crippen LogP contribution in [0.3, 0.4) is 0 Å². The molecule has 3 aromatic rings. The summed E-state index contributed by atoms with van der Waals surface area (Å²) in [6.45, 7) is 0. The van der Waals surface area contributed by atoms with Crippen LogP contribution in [0.2, 0.25) is 0 Å². The predicted molar refractivity (Wildman–Crippen MR) is 83.6 cm³/mol. The van der Waals surface area contributed by atoms with E-state index in [1.54, 1.807) is 24.3 Å². The molecule has 0 aliphatic rings. The fourth-order valence-electron chi connectivity index (χ4n) is 2.12. The minimum absolute atomic E-state index is 0.108. The first-order valence-electron chi connectivity index (χ1n) is 6.61. The molecule has 0 fully saturated rings. The summed E-state index contributed by atoms with van der Waals surface area (Å²) in [6, 6.07) is 16.4. The molecule has 22 heavy (non-hydrogen) atoms. The normalized spacial score (nSPS) is 10.4. The monoisotopic (exact) mass is 291 g/mol. The Bertz CT molecular complexity index is 816. The summed E-state index contributed by atoms with van der Waals surface area (Å²) in [5, 5.41) is 7.97. The first-order valence-corrected chi connectivity index (χ1v) is 6.61. The number of carbonyl (C=O) groups excluding carboxylic acids is 1. The van der Waals surface area contributed by atoms with Crippen molar-refractivity contribution >= 4 is 11.9 Å². The Balaban J connectivity index is 2.13. The molecule has 1 heterocycles. The van der Waals surface area contributed by atoms with Crippen LogP contribution in [0.25, 0.3) is 22.5 Å². The molecule has 0 bridgehead atoms. The summed E-state index contributed by atoms with van der Waals surface area (Å²) in [7, 11) is 0. The summed E-state index contributed by atoms with van der Waals surface area (Å²) in [6.07, 6.45) is 0. The van der Waals surface area contributed by atoms with Gasteiger partial charge in [0.1, 0.15) is 11.4 Å². The van der Waals surface area contributed by atoms with Crippen LogP contribution in [-0.2, 0) is 0 Å². The number of nitrogen functional groups attached to an aromatic ring is 1. The summed E-state index contributed by atoms with van der Waals surface area (Å²) >= 11 is 0. The predicted octanol–water partition coefficient (Wildman–Crippen LogP) is 1.89. The third-order valence-corrected chi connectivity index (χ3v) is 3.19. The van der Waals surface area contributed by atoms with Crippen molar-refractivity contribution in [2.45, 2.75) is 0 Å². The Morgan fingerprint density at radius 3 is 2.09 bits per heavy atom. The molecular formula is C16H13N5O. The van der Waals surface area contributed by atoms with E-state index in [1.165, 1.54) is 0 Å². The zero-order chi connectivity index (χ0) is 15.5. The molecule has 108 valence electrons. The van der Waals surface area contributed by atoms with Crippen molar-refractivity contribution in [1.82, 2.24) is 15.2 Å². The van der Waals surface area contributed by atoms with Gasteiger partial charge in [0.25, 0.3) is 0 Å². The van der Waals surface area contributed by atoms with Crippen LogP contribution in [0, 0.1) is 0 Å². The first kappa shape index (κ1) is 13.7. The molecule has 0 radical (unpaired) electrons. The average molecular weight is 291 g/mol. The third-order valence-electron chi connectivity index (χ3n) is 3.19. The van der Waals surface area contributed by atoms with Crippen LogP contribution in [0.15, 0.2) is 54.6 Å². The van der Waals surface area contributed by atoms with Crippen molar-refractivity contribution < 1.29 is 4.79 Å². The Labute approximate surface area is 126 Å². The van der Waals surface area contributed by atoms with Gasteiger partial charge in [-0.1, -0.05) is 42.5 Å². The Kier molecular flexibility index (Phi) is 3.49. The quantitative estimate of drug-likeness (QED) is 0.766. The van der Waals surface area contributed by atoms with E-state index in [-0.39, 0.29) is 5.95 Å². The van der Waals surface area contributed by atoms with E-state index < -0.39 is 5.91 Å². The molecule has 0 saturated carbocycles. The Morgan fingerprint density at radius 2 is 1.45 bits per heavy atom. The zero-order valence-corrected chi connectivity index (χ0v) is 11.6. The van der Waals surface area contributed by atoms with Crippen molar-refractivity contribution in [3.8, 4) is 22.5 Å². The maximum Gasteiger partial charge on any atom is 0.248 e. The molecule has 0 saturated heterocycles. The van der Waals surface area contributed by atoms with Crippen LogP contribution in [0.5, 0.6) is 0 Å². The molecule has 6 heteroatoms. The maximum absolute atomic E-state index is 11.1. The first-order chi connectivity index (χ1) is 10.6. The minimum atomic E-state index is -0.476. The molecule has 2 aromatic carbocycles. The largest absolute Gasteiger partial charge is 0.366 e. The molecule has 4 N–H and O–H groups in total. The highest BCUT2D eigenvalue weighted by Crippen LogP contribution is 2.28. The van der Waals surface area contributed by atoms with E-state index in [1.807, 2.05) is 30.3 Å². The molecule has 0 unspecified atom stereocenters. The highest BCUT2D eigenvalue weighted by molar-refractivity contribution is 5.93. The Morgan fingerprint density at radius 1 is 0.818 bits per heavy atom. The smallest absolute Gasteiger partial charge is 0.248 e. The summed E-state index contributed by atoms with van der Waals surface area (Å²) in [5.41, 5.74) is 14.2. The molecule has 1 amide bonds. The van der Waals surface area contributed by atoms with Crippen molar-refractivity contribution in [1.29, 1.82) is 0 Å². The number of benzene rings is 2. The van der Waals surface area contributed by atoms with Crippen molar-refractivity contribution in [2.24, 2.45) is 5.73 Å². The second-order valence-electron chi connectivity index (χ2n) is 4.67. The second kappa shape index (κ2) is 5.61. The van der Waals surface area contributed by atoms with E-state index in [4.69, 9.17) is 11.5 Å². The molecule has 0 aliphatic heterocycles. The van der Waals surface area contributed by atoms with Gasteiger partial charge in [0.05, 0.1) is 0 Å². The number of nitrogens with zero attached hydrogens (tertiary/aromatic N) is 3. The van der Waals surface area contributed by atoms with Gasteiger partial charge in [-0.15, -0.1) is 10.2 Å². The van der Waals surface area contributed by atoms with Gasteiger partial charge in [0.2, 0.25) is 11.9 Å². The van der Waals surface area contributed by atoms with Gasteiger partial charge in [-0.3, -0.25) is 4.79 Å². The zero-order valence-electron chi connectivity index (χ0n) is 11.6. The van der Waals surface area contributed by atoms with Crippen LogP contribution < -0.4 is 11.5 Å². The highest BCUT2D eigenvalue weighted by atomic mass is 16.1. The lowest BCUT2D eigenvalue weighted by Crippen LogP contribution is -2.10. The number of rotatable bonds is 3. The van der Waals surface area contributed by atoms with Gasteiger partial charge in [0, 0.05) is 16.7 Å². The van der Waals surface area contributed by atoms with Crippen LogP contribution >= 0.6 is 0 Å². The highest BCUT2D eigenvalue weighted by Gasteiger charge is 2.13. The molecule has 6 nitrogen and oxygen atoms in total. The average Bonchev–Trinajstić information content (AvgIpc) is 2.56. The lowest BCUT2D eigenvalue weighted by molar-refractivity contribution is 0.100. The van der Waals surface area contributed by atoms with Crippen LogP contribution in [0.1, 0.15) is 10.4 Å². The molecule has 0 spiro atoms. The Hall–Kier alpha value is -3.28. The standard InChI is InChI=1S/C16H13N5O/c17-15(22)12-8-6-11(7-9-12)14-13(19-16(18)21-20-14)10-4-2-1-3-5-10/h1-9H,(H2,17,22)(H2,18,19,21). The number of hydrogen-bond donors (Lipinski definition) is 2. The number of nitrogens with two attached hydrogens (primary N) is 2. The number of hydrogen-bond acceptors (Lipinski definition) is 5. The van der Waals surface area contributed by atoms with E-state index >= 15 is 0 Å². The molecule has 0 aliphatic carbocycles. The van der Waals surface area contributed by atoms with Crippen molar-refractivity contribution in [3.05, 3.63) is 60.2 Å². The number of anilines is 1. The number of aromatic nitrogens is 3. The van der Waals surface area contributed by atoms with Gasteiger partial charge in [0.15, 0.2) is 0 Å². The fraction of sp³-hybridized carbons (Fsp3) is 0. The minimum Gasteiger partial charge on any atom is -0.366 e. The van der Waals surface area contributed by atoms with Gasteiger partial charge >= 0.3 is 0 Å². The second-order valence-corrected chi connectivity index (χ2v) is 4.67. The van der Waals surface area contributed by atoms with Crippen LogP contribution in [0.4, 0.5) is 5.95 Å². The van der Waals surface area contributed by atoms with Crippen molar-refractivity contribution in [3.63, 3.8) is 0 Å². The van der Waals surface area contributed by atoms with Crippen LogP contribution in [-0.4, -0.2) is 21.1 Å². The lowest BCUT2D eigenvalue weighted by atomic mass is 10.0. The topological polar surface area (TPSA) is 108 Å². The summed E-state index contributed by atoms with van der Waals surface area (Å²) in [5.74, 6) is -0.368. The lowest BCUT2D eigenvalue weighted by Gasteiger charge is -2.08. The van der Waals surface area contributed by atoms with E-state index in [0.717, 1.165) is 11.1 Å². The number of carbonyl (C=O) groups is 1. The number of amides is 1. The number of primary amides is 1. The molecule has 3 rings (SSSR count).